The van der Waals surface area contributed by atoms with Crippen molar-refractivity contribution in [2.24, 2.45) is 0 Å². The lowest BCUT2D eigenvalue weighted by molar-refractivity contribution is 0.355. The van der Waals surface area contributed by atoms with Crippen molar-refractivity contribution in [2.75, 3.05) is 6.67 Å². The molecule has 3 rings (SSSR count). The summed E-state index contributed by atoms with van der Waals surface area (Å²) in [6, 6.07) is 6.15. The fraction of sp³-hybridized carbons (Fsp3) is 0.429. The van der Waals surface area contributed by atoms with E-state index in [1.165, 1.54) is 0 Å². The zero-order valence-electron chi connectivity index (χ0n) is 15.7. The first-order valence-corrected chi connectivity index (χ1v) is 8.97. The van der Waals surface area contributed by atoms with Crippen LogP contribution in [0.15, 0.2) is 30.6 Å². The number of hydrogen-bond donors (Lipinski definition) is 0. The topological polar surface area (TPSA) is 30.7 Å². The molecule has 0 aliphatic rings. The molecular formula is C21H26FN3. The van der Waals surface area contributed by atoms with Gasteiger partial charge in [0, 0.05) is 23.7 Å². The predicted molar refractivity (Wildman–Crippen MR) is 102 cm³/mol. The minimum atomic E-state index is -0.360. The van der Waals surface area contributed by atoms with E-state index < -0.39 is 0 Å². The Bertz CT molecular complexity index is 874. The van der Waals surface area contributed by atoms with Gasteiger partial charge in [0.1, 0.15) is 6.67 Å². The van der Waals surface area contributed by atoms with E-state index >= 15 is 0 Å². The Morgan fingerprint density at radius 3 is 2.48 bits per heavy atom. The summed E-state index contributed by atoms with van der Waals surface area (Å²) >= 11 is 0. The maximum Gasteiger partial charge on any atom is 0.110 e. The zero-order chi connectivity index (χ0) is 18.1. The van der Waals surface area contributed by atoms with E-state index in [-0.39, 0.29) is 12.7 Å². The molecule has 4 heteroatoms. The molecule has 0 bridgehead atoms. The molecule has 0 saturated carbocycles. The summed E-state index contributed by atoms with van der Waals surface area (Å²) in [6.07, 6.45) is 4.69. The number of rotatable bonds is 5. The highest BCUT2D eigenvalue weighted by molar-refractivity contribution is 5.84. The Hall–Kier alpha value is -2.23. The molecule has 25 heavy (non-hydrogen) atoms. The number of aryl methyl sites for hydroxylation is 2. The Labute approximate surface area is 148 Å². The van der Waals surface area contributed by atoms with Crippen molar-refractivity contribution in [2.45, 2.75) is 53.0 Å². The first kappa shape index (κ1) is 17.6. The zero-order valence-corrected chi connectivity index (χ0v) is 15.7. The molecule has 0 N–H and O–H groups in total. The van der Waals surface area contributed by atoms with Crippen molar-refractivity contribution < 1.29 is 4.39 Å². The van der Waals surface area contributed by atoms with E-state index in [9.17, 15) is 4.39 Å². The largest absolute Gasteiger partial charge is 0.340 e. The van der Waals surface area contributed by atoms with Crippen LogP contribution >= 0.6 is 0 Å². The molecule has 0 aromatic carbocycles. The van der Waals surface area contributed by atoms with Crippen LogP contribution < -0.4 is 0 Å². The van der Waals surface area contributed by atoms with E-state index in [2.05, 4.69) is 44.0 Å². The van der Waals surface area contributed by atoms with Gasteiger partial charge in [0.2, 0.25) is 0 Å². The van der Waals surface area contributed by atoms with Gasteiger partial charge in [-0.2, -0.15) is 0 Å². The standard InChI is InChI=1S/C21H26FN3/c1-6-17(10-22)25-12-15(5)21-19(25)9-14(4)20(24-21)16-7-8-18(13(2)3)23-11-16/h7-9,11-13,17H,6,10H2,1-5H3. The van der Waals surface area contributed by atoms with Gasteiger partial charge in [-0.1, -0.05) is 20.8 Å². The molecule has 0 saturated heterocycles. The highest BCUT2D eigenvalue weighted by Crippen LogP contribution is 2.30. The first-order chi connectivity index (χ1) is 12.0. The second-order valence-electron chi connectivity index (χ2n) is 7.08. The fourth-order valence-corrected chi connectivity index (χ4v) is 3.29. The minimum Gasteiger partial charge on any atom is -0.340 e. The van der Waals surface area contributed by atoms with Crippen molar-refractivity contribution in [1.82, 2.24) is 14.5 Å². The quantitative estimate of drug-likeness (QED) is 0.592. The van der Waals surface area contributed by atoms with Crippen molar-refractivity contribution in [3.8, 4) is 11.3 Å². The summed E-state index contributed by atoms with van der Waals surface area (Å²) in [7, 11) is 0. The van der Waals surface area contributed by atoms with Crippen LogP contribution in [-0.4, -0.2) is 21.2 Å². The molecule has 0 amide bonds. The van der Waals surface area contributed by atoms with Gasteiger partial charge in [-0.25, -0.2) is 9.37 Å². The highest BCUT2D eigenvalue weighted by Gasteiger charge is 2.17. The lowest BCUT2D eigenvalue weighted by Gasteiger charge is -2.15. The summed E-state index contributed by atoms with van der Waals surface area (Å²) in [4.78, 5) is 9.47. The van der Waals surface area contributed by atoms with E-state index in [0.717, 1.165) is 45.5 Å². The minimum absolute atomic E-state index is 0.129. The average molecular weight is 339 g/mol. The van der Waals surface area contributed by atoms with Crippen LogP contribution in [0.25, 0.3) is 22.3 Å². The summed E-state index contributed by atoms with van der Waals surface area (Å²) in [6.45, 7) is 10.0. The molecule has 1 atom stereocenters. The van der Waals surface area contributed by atoms with Gasteiger partial charge in [0.25, 0.3) is 0 Å². The van der Waals surface area contributed by atoms with Crippen LogP contribution in [0.1, 0.15) is 56.0 Å². The summed E-state index contributed by atoms with van der Waals surface area (Å²) in [5, 5.41) is 0. The first-order valence-electron chi connectivity index (χ1n) is 8.97. The number of hydrogen-bond acceptors (Lipinski definition) is 2. The van der Waals surface area contributed by atoms with Gasteiger partial charge in [-0.05, 0) is 55.5 Å². The molecule has 0 spiro atoms. The van der Waals surface area contributed by atoms with Crippen LogP contribution in [0.3, 0.4) is 0 Å². The van der Waals surface area contributed by atoms with Gasteiger partial charge in [-0.3, -0.25) is 4.98 Å². The number of pyridine rings is 2. The fourth-order valence-electron chi connectivity index (χ4n) is 3.29. The molecule has 0 aliphatic heterocycles. The van der Waals surface area contributed by atoms with Crippen LogP contribution in [-0.2, 0) is 0 Å². The number of fused-ring (bicyclic) bond motifs is 1. The van der Waals surface area contributed by atoms with Gasteiger partial charge < -0.3 is 4.57 Å². The van der Waals surface area contributed by atoms with Crippen molar-refractivity contribution in [3.63, 3.8) is 0 Å². The number of halogens is 1. The normalized spacial score (nSPS) is 12.9. The van der Waals surface area contributed by atoms with Gasteiger partial charge in [-0.15, -0.1) is 0 Å². The van der Waals surface area contributed by atoms with E-state index in [1.54, 1.807) is 0 Å². The number of alkyl halides is 1. The maximum atomic E-state index is 13.4. The SMILES string of the molecule is CCC(CF)n1cc(C)c2nc(-c3ccc(C(C)C)nc3)c(C)cc21. The Balaban J connectivity index is 2.12. The number of nitrogens with zero attached hydrogens (tertiary/aromatic N) is 3. The predicted octanol–water partition coefficient (Wildman–Crippen LogP) is 5.76. The Kier molecular flexibility index (Phi) is 4.89. The van der Waals surface area contributed by atoms with Gasteiger partial charge >= 0.3 is 0 Å². The third-order valence-electron chi connectivity index (χ3n) is 4.87. The average Bonchev–Trinajstić information content (AvgIpc) is 2.91. The van der Waals surface area contributed by atoms with Crippen LogP contribution in [0.2, 0.25) is 0 Å². The van der Waals surface area contributed by atoms with Crippen molar-refractivity contribution in [1.29, 1.82) is 0 Å². The van der Waals surface area contributed by atoms with Gasteiger partial charge in [0.15, 0.2) is 0 Å². The molecule has 1 unspecified atom stereocenters. The summed E-state index contributed by atoms with van der Waals surface area (Å²) in [5.74, 6) is 0.411. The van der Waals surface area contributed by atoms with E-state index in [4.69, 9.17) is 4.98 Å². The second kappa shape index (κ2) is 6.95. The van der Waals surface area contributed by atoms with Gasteiger partial charge in [0.05, 0.1) is 22.8 Å². The molecular weight excluding hydrogens is 313 g/mol. The second-order valence-corrected chi connectivity index (χ2v) is 7.08. The van der Waals surface area contributed by atoms with Crippen LogP contribution in [0, 0.1) is 13.8 Å². The van der Waals surface area contributed by atoms with E-state index in [1.807, 2.05) is 30.8 Å². The highest BCUT2D eigenvalue weighted by atomic mass is 19.1. The third-order valence-corrected chi connectivity index (χ3v) is 4.87. The van der Waals surface area contributed by atoms with Crippen LogP contribution in [0.5, 0.6) is 0 Å². The maximum absolute atomic E-state index is 13.4. The Morgan fingerprint density at radius 1 is 1.16 bits per heavy atom. The molecule has 0 fully saturated rings. The molecule has 0 radical (unpaired) electrons. The summed E-state index contributed by atoms with van der Waals surface area (Å²) < 4.78 is 15.4. The monoisotopic (exact) mass is 339 g/mol. The molecule has 0 aliphatic carbocycles. The number of aromatic nitrogens is 3. The van der Waals surface area contributed by atoms with Crippen molar-refractivity contribution >= 4 is 11.0 Å². The summed E-state index contributed by atoms with van der Waals surface area (Å²) in [5.41, 5.74) is 7.17. The smallest absolute Gasteiger partial charge is 0.110 e. The molecule has 3 aromatic heterocycles. The molecule has 3 aromatic rings. The lowest BCUT2D eigenvalue weighted by Crippen LogP contribution is -2.08. The van der Waals surface area contributed by atoms with Crippen molar-refractivity contribution in [3.05, 3.63) is 47.4 Å². The lowest BCUT2D eigenvalue weighted by atomic mass is 10.0. The molecule has 132 valence electrons. The van der Waals surface area contributed by atoms with Crippen LogP contribution in [0.4, 0.5) is 4.39 Å². The molecule has 3 nitrogen and oxygen atoms in total. The Morgan fingerprint density at radius 2 is 1.92 bits per heavy atom. The van der Waals surface area contributed by atoms with E-state index in [0.29, 0.717) is 5.92 Å². The third kappa shape index (κ3) is 3.17. The molecule has 3 heterocycles.